The number of halogens is 4. The Kier molecular flexibility index (Phi) is 3.90. The minimum Gasteiger partial charge on any atom is -0.455 e. The molecule has 0 radical (unpaired) electrons. The van der Waals surface area contributed by atoms with Crippen LogP contribution in [0.3, 0.4) is 0 Å². The fraction of sp³-hybridized carbons (Fsp3) is 0.308. The molecule has 0 spiro atoms. The maximum atomic E-state index is 12.7. The highest BCUT2D eigenvalue weighted by Crippen LogP contribution is 2.31. The van der Waals surface area contributed by atoms with Crippen LogP contribution in [-0.4, -0.2) is 22.8 Å². The van der Waals surface area contributed by atoms with Gasteiger partial charge in [-0.15, -0.1) is 0 Å². The highest BCUT2D eigenvalue weighted by atomic mass is 35.5. The SMILES string of the molecule is CC1=C(Oc2ccc(Cl)cc2)[C@](C)(O)N=C(C(F)(F)F)N1. The van der Waals surface area contributed by atoms with E-state index in [2.05, 4.69) is 10.3 Å². The van der Waals surface area contributed by atoms with Crippen molar-refractivity contribution in [2.45, 2.75) is 25.7 Å². The molecular weight excluding hydrogens is 309 g/mol. The molecule has 2 N–H and O–H groups in total. The molecule has 1 heterocycles. The first-order valence-electron chi connectivity index (χ1n) is 5.91. The molecule has 21 heavy (non-hydrogen) atoms. The molecule has 0 bridgehead atoms. The van der Waals surface area contributed by atoms with Crippen LogP contribution in [0.4, 0.5) is 13.2 Å². The zero-order valence-electron chi connectivity index (χ0n) is 11.1. The average molecular weight is 321 g/mol. The lowest BCUT2D eigenvalue weighted by molar-refractivity contribution is -0.0652. The molecule has 8 heteroatoms. The van der Waals surface area contributed by atoms with Crippen LogP contribution in [0.15, 0.2) is 40.7 Å². The molecule has 1 aromatic rings. The molecule has 0 saturated carbocycles. The number of benzene rings is 1. The first-order valence-corrected chi connectivity index (χ1v) is 6.28. The lowest BCUT2D eigenvalue weighted by atomic mass is 10.1. The minimum absolute atomic E-state index is 0.0253. The molecule has 2 rings (SSSR count). The third-order valence-corrected chi connectivity index (χ3v) is 2.96. The summed E-state index contributed by atoms with van der Waals surface area (Å²) in [7, 11) is 0. The van der Waals surface area contributed by atoms with E-state index in [0.29, 0.717) is 10.8 Å². The van der Waals surface area contributed by atoms with Crippen LogP contribution in [0.5, 0.6) is 5.75 Å². The van der Waals surface area contributed by atoms with E-state index in [0.717, 1.165) is 6.92 Å². The van der Waals surface area contributed by atoms with Gasteiger partial charge in [0, 0.05) is 5.02 Å². The van der Waals surface area contributed by atoms with Crippen molar-refractivity contribution in [3.63, 3.8) is 0 Å². The van der Waals surface area contributed by atoms with Gasteiger partial charge in [0.2, 0.25) is 11.6 Å². The standard InChI is InChI=1S/C13H12ClF3N2O2/c1-7-10(21-9-5-3-8(14)4-6-9)12(2,20)19-11(18-7)13(15,16)17/h3-6,20H,1-2H3,(H,18,19)/t12-/m0/s1. The van der Waals surface area contributed by atoms with E-state index < -0.39 is 17.7 Å². The van der Waals surface area contributed by atoms with Crippen LogP contribution in [-0.2, 0) is 0 Å². The zero-order valence-corrected chi connectivity index (χ0v) is 11.9. The second-order valence-electron chi connectivity index (χ2n) is 4.61. The number of rotatable bonds is 2. The van der Waals surface area contributed by atoms with Crippen molar-refractivity contribution in [1.82, 2.24) is 5.32 Å². The first kappa shape index (κ1) is 15.7. The molecule has 0 fully saturated rings. The van der Waals surface area contributed by atoms with Crippen LogP contribution in [0.2, 0.25) is 5.02 Å². The van der Waals surface area contributed by atoms with Gasteiger partial charge in [0.25, 0.3) is 0 Å². The molecule has 1 aromatic carbocycles. The second-order valence-corrected chi connectivity index (χ2v) is 5.05. The Morgan fingerprint density at radius 3 is 2.33 bits per heavy atom. The predicted octanol–water partition coefficient (Wildman–Crippen LogP) is 3.22. The van der Waals surface area contributed by atoms with E-state index in [1.54, 1.807) is 12.1 Å². The van der Waals surface area contributed by atoms with Gasteiger partial charge in [-0.2, -0.15) is 13.2 Å². The number of ether oxygens (including phenoxy) is 1. The highest BCUT2D eigenvalue weighted by Gasteiger charge is 2.44. The third kappa shape index (κ3) is 3.48. The van der Waals surface area contributed by atoms with Gasteiger partial charge in [-0.25, -0.2) is 4.99 Å². The molecule has 1 aliphatic heterocycles. The molecule has 4 nitrogen and oxygen atoms in total. The van der Waals surface area contributed by atoms with Gasteiger partial charge >= 0.3 is 6.18 Å². The number of allylic oxidation sites excluding steroid dienone is 1. The molecular formula is C13H12ClF3N2O2. The van der Waals surface area contributed by atoms with Crippen LogP contribution in [0.1, 0.15) is 13.8 Å². The number of nitrogens with zero attached hydrogens (tertiary/aromatic N) is 1. The van der Waals surface area contributed by atoms with Crippen molar-refractivity contribution >= 4 is 17.4 Å². The van der Waals surface area contributed by atoms with E-state index >= 15 is 0 Å². The zero-order chi connectivity index (χ0) is 15.8. The van der Waals surface area contributed by atoms with E-state index in [4.69, 9.17) is 16.3 Å². The van der Waals surface area contributed by atoms with Crippen LogP contribution in [0, 0.1) is 0 Å². The number of hydrogen-bond acceptors (Lipinski definition) is 4. The number of aliphatic imine (C=N–C) groups is 1. The van der Waals surface area contributed by atoms with Crippen molar-refractivity contribution in [2.24, 2.45) is 4.99 Å². The quantitative estimate of drug-likeness (QED) is 0.879. The second kappa shape index (κ2) is 5.23. The van der Waals surface area contributed by atoms with Gasteiger partial charge in [0.05, 0.1) is 5.70 Å². The number of aliphatic hydroxyl groups is 1. The minimum atomic E-state index is -4.68. The number of amidine groups is 1. The van der Waals surface area contributed by atoms with Gasteiger partial charge < -0.3 is 15.2 Å². The Balaban J connectivity index is 2.30. The summed E-state index contributed by atoms with van der Waals surface area (Å²) < 4.78 is 43.5. The summed E-state index contributed by atoms with van der Waals surface area (Å²) in [6.45, 7) is 2.48. The first-order chi connectivity index (χ1) is 9.59. The number of alkyl halides is 3. The Bertz CT molecular complexity index is 607. The van der Waals surface area contributed by atoms with Gasteiger partial charge in [-0.1, -0.05) is 11.6 Å². The summed E-state index contributed by atoms with van der Waals surface area (Å²) in [4.78, 5) is 3.26. The topological polar surface area (TPSA) is 53.9 Å². The van der Waals surface area contributed by atoms with Gasteiger partial charge in [0.15, 0.2) is 5.76 Å². The smallest absolute Gasteiger partial charge is 0.449 e. The number of hydrogen-bond donors (Lipinski definition) is 2. The van der Waals surface area contributed by atoms with Gasteiger partial charge in [0.1, 0.15) is 5.75 Å². The molecule has 0 aromatic heterocycles. The predicted molar refractivity (Wildman–Crippen MR) is 72.0 cm³/mol. The molecule has 114 valence electrons. The highest BCUT2D eigenvalue weighted by molar-refractivity contribution is 6.30. The van der Waals surface area contributed by atoms with Crippen molar-refractivity contribution in [1.29, 1.82) is 0 Å². The van der Waals surface area contributed by atoms with Crippen molar-refractivity contribution in [3.8, 4) is 5.75 Å². The summed E-state index contributed by atoms with van der Waals surface area (Å²) in [6.07, 6.45) is -4.68. The molecule has 0 amide bonds. The van der Waals surface area contributed by atoms with Crippen molar-refractivity contribution < 1.29 is 23.0 Å². The van der Waals surface area contributed by atoms with Gasteiger partial charge in [-0.05, 0) is 38.1 Å². The van der Waals surface area contributed by atoms with Crippen LogP contribution < -0.4 is 10.1 Å². The Labute approximate surface area is 123 Å². The summed E-state index contributed by atoms with van der Waals surface area (Å²) in [5.74, 6) is -1.06. The Morgan fingerprint density at radius 1 is 1.29 bits per heavy atom. The van der Waals surface area contributed by atoms with Crippen LogP contribution >= 0.6 is 11.6 Å². The fourth-order valence-corrected chi connectivity index (χ4v) is 1.94. The Morgan fingerprint density at radius 2 is 1.86 bits per heavy atom. The number of nitrogens with one attached hydrogen (secondary N) is 1. The maximum Gasteiger partial charge on any atom is 0.449 e. The lowest BCUT2D eigenvalue weighted by Gasteiger charge is -2.30. The monoisotopic (exact) mass is 320 g/mol. The van der Waals surface area contributed by atoms with Crippen molar-refractivity contribution in [2.75, 3.05) is 0 Å². The Hall–Kier alpha value is -1.73. The van der Waals surface area contributed by atoms with E-state index in [-0.39, 0.29) is 11.5 Å². The van der Waals surface area contributed by atoms with Crippen LogP contribution in [0.25, 0.3) is 0 Å². The van der Waals surface area contributed by atoms with Crippen molar-refractivity contribution in [3.05, 3.63) is 40.7 Å². The normalized spacial score (nSPS) is 22.7. The average Bonchev–Trinajstić information content (AvgIpc) is 2.34. The molecule has 0 unspecified atom stereocenters. The van der Waals surface area contributed by atoms with E-state index in [1.165, 1.54) is 19.1 Å². The summed E-state index contributed by atoms with van der Waals surface area (Å²) >= 11 is 5.73. The third-order valence-electron chi connectivity index (χ3n) is 2.71. The lowest BCUT2D eigenvalue weighted by Crippen LogP contribution is -2.46. The summed E-state index contributed by atoms with van der Waals surface area (Å²) in [5.41, 5.74) is -2.10. The largest absolute Gasteiger partial charge is 0.455 e. The summed E-state index contributed by atoms with van der Waals surface area (Å²) in [6, 6.07) is 6.17. The fourth-order valence-electron chi connectivity index (χ4n) is 1.81. The van der Waals surface area contributed by atoms with E-state index in [9.17, 15) is 18.3 Å². The molecule has 0 saturated heterocycles. The maximum absolute atomic E-state index is 12.7. The van der Waals surface area contributed by atoms with E-state index in [1.807, 2.05) is 0 Å². The molecule has 1 atom stereocenters. The molecule has 1 aliphatic rings. The summed E-state index contributed by atoms with van der Waals surface area (Å²) in [5, 5.41) is 12.7. The van der Waals surface area contributed by atoms with Gasteiger partial charge in [-0.3, -0.25) is 0 Å². The molecule has 0 aliphatic carbocycles.